The number of methoxy groups -OCH3 is 1. The molecular weight excluding hydrogens is 348 g/mol. The molecule has 2 N–H and O–H groups in total. The van der Waals surface area contributed by atoms with Gasteiger partial charge in [0.1, 0.15) is 5.75 Å². The highest BCUT2D eigenvalue weighted by molar-refractivity contribution is 5.95. The Balaban J connectivity index is 0.00000196. The lowest BCUT2D eigenvalue weighted by Crippen LogP contribution is -2.31. The van der Waals surface area contributed by atoms with E-state index in [2.05, 4.69) is 10.6 Å². The molecule has 4 nitrogen and oxygen atoms in total. The maximum atomic E-state index is 12.7. The van der Waals surface area contributed by atoms with Gasteiger partial charge in [-0.1, -0.05) is 30.3 Å². The summed E-state index contributed by atoms with van der Waals surface area (Å²) in [5.41, 5.74) is 3.18. The molecule has 0 radical (unpaired) electrons. The first-order valence-corrected chi connectivity index (χ1v) is 8.97. The van der Waals surface area contributed by atoms with Crippen LogP contribution < -0.4 is 15.4 Å². The van der Waals surface area contributed by atoms with Crippen molar-refractivity contribution in [2.75, 3.05) is 25.5 Å². The van der Waals surface area contributed by atoms with Crippen molar-refractivity contribution in [2.24, 2.45) is 11.3 Å². The minimum Gasteiger partial charge on any atom is -0.496 e. The predicted molar refractivity (Wildman–Crippen MR) is 107 cm³/mol. The van der Waals surface area contributed by atoms with Crippen molar-refractivity contribution in [2.45, 2.75) is 19.3 Å². The molecule has 1 spiro atoms. The fourth-order valence-corrected chi connectivity index (χ4v) is 4.07. The van der Waals surface area contributed by atoms with Gasteiger partial charge >= 0.3 is 0 Å². The number of hydrogen-bond donors (Lipinski definition) is 2. The van der Waals surface area contributed by atoms with Crippen molar-refractivity contribution in [3.8, 4) is 16.9 Å². The number of carbonyl (C=O) groups is 1. The van der Waals surface area contributed by atoms with E-state index in [4.69, 9.17) is 4.74 Å². The molecule has 26 heavy (non-hydrogen) atoms. The molecule has 5 heteroatoms. The van der Waals surface area contributed by atoms with E-state index in [0.717, 1.165) is 54.9 Å². The van der Waals surface area contributed by atoms with Crippen LogP contribution in [0, 0.1) is 11.3 Å². The summed E-state index contributed by atoms with van der Waals surface area (Å²) in [6.45, 7) is 2.07. The molecule has 1 saturated carbocycles. The van der Waals surface area contributed by atoms with Crippen LogP contribution in [-0.4, -0.2) is 26.1 Å². The van der Waals surface area contributed by atoms with Crippen molar-refractivity contribution in [3.05, 3.63) is 48.5 Å². The average molecular weight is 373 g/mol. The highest BCUT2D eigenvalue weighted by Crippen LogP contribution is 2.58. The highest BCUT2D eigenvalue weighted by atomic mass is 35.5. The first-order valence-electron chi connectivity index (χ1n) is 8.97. The van der Waals surface area contributed by atoms with E-state index in [0.29, 0.717) is 0 Å². The SMILES string of the molecule is COc1ccccc1-c1cccc(NC(=O)C2CC23CCNCC3)c1.Cl. The summed E-state index contributed by atoms with van der Waals surface area (Å²) in [7, 11) is 1.68. The second-order valence-corrected chi connectivity index (χ2v) is 7.14. The molecule has 0 bridgehead atoms. The van der Waals surface area contributed by atoms with Gasteiger partial charge in [-0.05, 0) is 61.5 Å². The number of rotatable bonds is 4. The van der Waals surface area contributed by atoms with Gasteiger partial charge in [0.05, 0.1) is 7.11 Å². The van der Waals surface area contributed by atoms with Crippen LogP contribution in [0.1, 0.15) is 19.3 Å². The first-order chi connectivity index (χ1) is 12.2. The minimum absolute atomic E-state index is 0. The largest absolute Gasteiger partial charge is 0.496 e. The topological polar surface area (TPSA) is 50.4 Å². The van der Waals surface area contributed by atoms with Crippen molar-refractivity contribution >= 4 is 24.0 Å². The van der Waals surface area contributed by atoms with Gasteiger partial charge in [-0.15, -0.1) is 12.4 Å². The molecule has 1 atom stereocenters. The zero-order valence-corrected chi connectivity index (χ0v) is 15.8. The Morgan fingerprint density at radius 1 is 1.15 bits per heavy atom. The van der Waals surface area contributed by atoms with Gasteiger partial charge in [0.25, 0.3) is 0 Å². The molecule has 4 rings (SSSR count). The Morgan fingerprint density at radius 2 is 1.92 bits per heavy atom. The van der Waals surface area contributed by atoms with Gasteiger partial charge in [0, 0.05) is 17.2 Å². The molecular formula is C21H25ClN2O2. The standard InChI is InChI=1S/C21H24N2O2.ClH/c1-25-19-8-3-2-7-17(19)15-5-4-6-16(13-15)23-20(24)18-14-21(18)9-11-22-12-10-21;/h2-8,13,18,22H,9-12,14H2,1H3,(H,23,24);1H. The molecule has 1 saturated heterocycles. The Hall–Kier alpha value is -2.04. The molecule has 1 unspecified atom stereocenters. The summed E-state index contributed by atoms with van der Waals surface area (Å²) in [6.07, 6.45) is 3.27. The molecule has 2 fully saturated rings. The Kier molecular flexibility index (Phi) is 5.54. The van der Waals surface area contributed by atoms with E-state index in [1.54, 1.807) is 7.11 Å². The number of ether oxygens (including phenoxy) is 1. The Labute approximate surface area is 160 Å². The van der Waals surface area contributed by atoms with Crippen molar-refractivity contribution < 1.29 is 9.53 Å². The second kappa shape index (κ2) is 7.68. The smallest absolute Gasteiger partial charge is 0.228 e. The summed E-state index contributed by atoms with van der Waals surface area (Å²) in [6, 6.07) is 15.9. The number of hydrogen-bond acceptors (Lipinski definition) is 3. The molecule has 138 valence electrons. The number of piperidine rings is 1. The summed E-state index contributed by atoms with van der Waals surface area (Å²) in [5, 5.41) is 6.51. The van der Waals surface area contributed by atoms with Crippen molar-refractivity contribution in [3.63, 3.8) is 0 Å². The van der Waals surface area contributed by atoms with Crippen LogP contribution in [0.4, 0.5) is 5.69 Å². The van der Waals surface area contributed by atoms with Crippen LogP contribution in [0.15, 0.2) is 48.5 Å². The van der Waals surface area contributed by atoms with Gasteiger partial charge in [-0.2, -0.15) is 0 Å². The van der Waals surface area contributed by atoms with Crippen molar-refractivity contribution in [1.82, 2.24) is 5.32 Å². The normalized spacial score (nSPS) is 20.1. The molecule has 2 aromatic rings. The van der Waals surface area contributed by atoms with E-state index in [9.17, 15) is 4.79 Å². The zero-order valence-electron chi connectivity index (χ0n) is 15.0. The second-order valence-electron chi connectivity index (χ2n) is 7.14. The summed E-state index contributed by atoms with van der Waals surface area (Å²) in [5.74, 6) is 1.17. The predicted octanol–water partition coefficient (Wildman–Crippen LogP) is 4.11. The average Bonchev–Trinajstić information content (AvgIpc) is 3.35. The van der Waals surface area contributed by atoms with E-state index < -0.39 is 0 Å². The van der Waals surface area contributed by atoms with Gasteiger partial charge in [-0.3, -0.25) is 4.79 Å². The van der Waals surface area contributed by atoms with E-state index in [1.165, 1.54) is 0 Å². The minimum atomic E-state index is 0. The Bertz CT molecular complexity index is 787. The number of benzene rings is 2. The van der Waals surface area contributed by atoms with E-state index in [-0.39, 0.29) is 29.6 Å². The quantitative estimate of drug-likeness (QED) is 0.849. The number of anilines is 1. The number of para-hydroxylation sites is 1. The number of amides is 1. The summed E-state index contributed by atoms with van der Waals surface area (Å²) >= 11 is 0. The lowest BCUT2D eigenvalue weighted by Gasteiger charge is -2.23. The molecule has 1 amide bonds. The van der Waals surface area contributed by atoms with Crippen molar-refractivity contribution in [1.29, 1.82) is 0 Å². The molecule has 1 aliphatic carbocycles. The fourth-order valence-electron chi connectivity index (χ4n) is 4.07. The lowest BCUT2D eigenvalue weighted by molar-refractivity contribution is -0.118. The van der Waals surface area contributed by atoms with Gasteiger partial charge in [-0.25, -0.2) is 0 Å². The number of halogens is 1. The molecule has 2 aliphatic rings. The van der Waals surface area contributed by atoms with E-state index in [1.807, 2.05) is 48.5 Å². The maximum absolute atomic E-state index is 12.7. The summed E-state index contributed by atoms with van der Waals surface area (Å²) in [4.78, 5) is 12.7. The van der Waals surface area contributed by atoms with Crippen LogP contribution in [0.3, 0.4) is 0 Å². The third-order valence-corrected chi connectivity index (χ3v) is 5.65. The van der Waals surface area contributed by atoms with Crippen LogP contribution >= 0.6 is 12.4 Å². The lowest BCUT2D eigenvalue weighted by atomic mass is 9.91. The van der Waals surface area contributed by atoms with Crippen LogP contribution in [0.2, 0.25) is 0 Å². The van der Waals surface area contributed by atoms with Crippen LogP contribution in [0.25, 0.3) is 11.1 Å². The monoisotopic (exact) mass is 372 g/mol. The Morgan fingerprint density at radius 3 is 2.69 bits per heavy atom. The third-order valence-electron chi connectivity index (χ3n) is 5.65. The molecule has 2 aromatic carbocycles. The van der Waals surface area contributed by atoms with E-state index >= 15 is 0 Å². The highest BCUT2D eigenvalue weighted by Gasteiger charge is 2.57. The van der Waals surface area contributed by atoms with Crippen LogP contribution in [0.5, 0.6) is 5.75 Å². The summed E-state index contributed by atoms with van der Waals surface area (Å²) < 4.78 is 5.45. The van der Waals surface area contributed by atoms with Gasteiger partial charge in [0.15, 0.2) is 0 Å². The molecule has 1 heterocycles. The number of nitrogens with one attached hydrogen (secondary N) is 2. The zero-order chi connectivity index (χ0) is 17.3. The molecule has 0 aromatic heterocycles. The molecule has 1 aliphatic heterocycles. The third kappa shape index (κ3) is 3.57. The maximum Gasteiger partial charge on any atom is 0.228 e. The first kappa shape index (κ1) is 18.7. The fraction of sp³-hybridized carbons (Fsp3) is 0.381. The van der Waals surface area contributed by atoms with Gasteiger partial charge in [0.2, 0.25) is 5.91 Å². The van der Waals surface area contributed by atoms with Gasteiger partial charge < -0.3 is 15.4 Å². The number of carbonyl (C=O) groups excluding carboxylic acids is 1. The van der Waals surface area contributed by atoms with Crippen LogP contribution in [-0.2, 0) is 4.79 Å².